The number of halogens is 1. The first-order valence-electron chi connectivity index (χ1n) is 5.14. The summed E-state index contributed by atoms with van der Waals surface area (Å²) in [4.78, 5) is 2.18. The van der Waals surface area contributed by atoms with Gasteiger partial charge in [-0.05, 0) is 25.5 Å². The molecule has 14 heavy (non-hydrogen) atoms. The van der Waals surface area contributed by atoms with E-state index in [4.69, 9.17) is 0 Å². The Hall–Kier alpha value is -0.890. The lowest BCUT2D eigenvalue weighted by Crippen LogP contribution is -2.37. The molecule has 1 fully saturated rings. The monoisotopic (exact) mass is 193 g/mol. The van der Waals surface area contributed by atoms with Crippen LogP contribution in [0.3, 0.4) is 0 Å². The molecule has 0 amide bonds. The van der Waals surface area contributed by atoms with E-state index < -0.39 is 5.67 Å². The first-order chi connectivity index (χ1) is 6.71. The highest BCUT2D eigenvalue weighted by atomic mass is 19.1. The fourth-order valence-corrected chi connectivity index (χ4v) is 2.00. The fourth-order valence-electron chi connectivity index (χ4n) is 2.00. The molecule has 0 atom stereocenters. The molecule has 0 unspecified atom stereocenters. The lowest BCUT2D eigenvalue weighted by atomic mass is 9.86. The van der Waals surface area contributed by atoms with Gasteiger partial charge in [0.2, 0.25) is 0 Å². The zero-order valence-corrected chi connectivity index (χ0v) is 8.54. The summed E-state index contributed by atoms with van der Waals surface area (Å²) in [6, 6.07) is 9.54. The van der Waals surface area contributed by atoms with Crippen LogP contribution >= 0.6 is 0 Å². The van der Waals surface area contributed by atoms with Gasteiger partial charge < -0.3 is 4.90 Å². The third kappa shape index (κ3) is 1.80. The minimum absolute atomic E-state index is 0.619. The van der Waals surface area contributed by atoms with Gasteiger partial charge in [-0.1, -0.05) is 30.3 Å². The van der Waals surface area contributed by atoms with E-state index in [1.165, 1.54) is 0 Å². The third-order valence-corrected chi connectivity index (χ3v) is 3.07. The standard InChI is InChI=1S/C12H16FN/c1-14-9-7-12(13,8-10-14)11-5-3-2-4-6-11/h2-6H,7-10H2,1H3. The van der Waals surface area contributed by atoms with E-state index in [1.54, 1.807) is 0 Å². The molecule has 0 N–H and O–H groups in total. The van der Waals surface area contributed by atoms with Crippen molar-refractivity contribution in [1.29, 1.82) is 0 Å². The van der Waals surface area contributed by atoms with E-state index in [-0.39, 0.29) is 0 Å². The van der Waals surface area contributed by atoms with Crippen molar-refractivity contribution in [2.45, 2.75) is 18.5 Å². The van der Waals surface area contributed by atoms with Crippen LogP contribution in [0.1, 0.15) is 18.4 Å². The molecule has 1 aliphatic heterocycles. The van der Waals surface area contributed by atoms with Gasteiger partial charge in [-0.25, -0.2) is 4.39 Å². The molecule has 1 aromatic carbocycles. The zero-order chi connectivity index (χ0) is 10.0. The predicted molar refractivity (Wildman–Crippen MR) is 56.0 cm³/mol. The second-order valence-corrected chi connectivity index (χ2v) is 4.13. The van der Waals surface area contributed by atoms with Crippen LogP contribution in [0.4, 0.5) is 4.39 Å². The Balaban J connectivity index is 2.17. The molecule has 0 aromatic heterocycles. The lowest BCUT2D eigenvalue weighted by molar-refractivity contribution is 0.0674. The number of rotatable bonds is 1. The van der Waals surface area contributed by atoms with E-state index in [1.807, 2.05) is 37.4 Å². The van der Waals surface area contributed by atoms with E-state index >= 15 is 0 Å². The maximum Gasteiger partial charge on any atom is 0.138 e. The molecule has 0 aliphatic carbocycles. The lowest BCUT2D eigenvalue weighted by Gasteiger charge is -2.34. The molecule has 0 bridgehead atoms. The predicted octanol–water partition coefficient (Wildman–Crippen LogP) is 2.58. The van der Waals surface area contributed by atoms with Crippen molar-refractivity contribution < 1.29 is 4.39 Å². The highest BCUT2D eigenvalue weighted by molar-refractivity contribution is 5.23. The first-order valence-corrected chi connectivity index (χ1v) is 5.14. The van der Waals surface area contributed by atoms with Crippen LogP contribution < -0.4 is 0 Å². The van der Waals surface area contributed by atoms with Gasteiger partial charge in [0.15, 0.2) is 0 Å². The van der Waals surface area contributed by atoms with Crippen LogP contribution in [0.5, 0.6) is 0 Å². The van der Waals surface area contributed by atoms with E-state index in [9.17, 15) is 4.39 Å². The zero-order valence-electron chi connectivity index (χ0n) is 8.54. The molecule has 1 saturated heterocycles. The summed E-state index contributed by atoms with van der Waals surface area (Å²) >= 11 is 0. The Labute approximate surface area is 84.5 Å². The molecule has 1 aliphatic rings. The van der Waals surface area contributed by atoms with E-state index in [0.29, 0.717) is 12.8 Å². The number of alkyl halides is 1. The second-order valence-electron chi connectivity index (χ2n) is 4.13. The molecule has 2 heteroatoms. The highest BCUT2D eigenvalue weighted by Gasteiger charge is 2.34. The molecule has 1 nitrogen and oxygen atoms in total. The van der Waals surface area contributed by atoms with Crippen molar-refractivity contribution in [3.63, 3.8) is 0 Å². The van der Waals surface area contributed by atoms with Crippen molar-refractivity contribution in [2.24, 2.45) is 0 Å². The quantitative estimate of drug-likeness (QED) is 0.662. The number of hydrogen-bond acceptors (Lipinski definition) is 1. The Morgan fingerprint density at radius 2 is 1.71 bits per heavy atom. The van der Waals surface area contributed by atoms with Crippen LogP contribution in [0.25, 0.3) is 0 Å². The fraction of sp³-hybridized carbons (Fsp3) is 0.500. The molecule has 0 spiro atoms. The first kappa shape index (κ1) is 9.66. The number of hydrogen-bond donors (Lipinski definition) is 0. The Morgan fingerprint density at radius 1 is 1.14 bits per heavy atom. The summed E-state index contributed by atoms with van der Waals surface area (Å²) in [6.07, 6.45) is 1.24. The van der Waals surface area contributed by atoms with Crippen molar-refractivity contribution in [3.8, 4) is 0 Å². The van der Waals surface area contributed by atoms with Gasteiger partial charge in [-0.15, -0.1) is 0 Å². The normalized spacial score (nSPS) is 22.1. The highest BCUT2D eigenvalue weighted by Crippen LogP contribution is 2.36. The molecule has 2 rings (SSSR count). The van der Waals surface area contributed by atoms with Gasteiger partial charge in [0.1, 0.15) is 5.67 Å². The van der Waals surface area contributed by atoms with Gasteiger partial charge >= 0.3 is 0 Å². The molecule has 0 saturated carbocycles. The van der Waals surface area contributed by atoms with Gasteiger partial charge in [0.25, 0.3) is 0 Å². The summed E-state index contributed by atoms with van der Waals surface area (Å²) in [7, 11) is 2.05. The Bertz CT molecular complexity index is 288. The molecular weight excluding hydrogens is 177 g/mol. The molecule has 1 heterocycles. The number of benzene rings is 1. The maximum atomic E-state index is 14.5. The minimum Gasteiger partial charge on any atom is -0.306 e. The topological polar surface area (TPSA) is 3.24 Å². The SMILES string of the molecule is CN1CCC(F)(c2ccccc2)CC1. The summed E-state index contributed by atoms with van der Waals surface area (Å²) in [5, 5.41) is 0. The van der Waals surface area contributed by atoms with Crippen LogP contribution in [-0.4, -0.2) is 25.0 Å². The van der Waals surface area contributed by atoms with Crippen molar-refractivity contribution >= 4 is 0 Å². The number of likely N-dealkylation sites (tertiary alicyclic amines) is 1. The molecule has 0 radical (unpaired) electrons. The van der Waals surface area contributed by atoms with Gasteiger partial charge in [0.05, 0.1) is 0 Å². The summed E-state index contributed by atoms with van der Waals surface area (Å²) in [5.74, 6) is 0. The molecule has 76 valence electrons. The van der Waals surface area contributed by atoms with Crippen LogP contribution in [0, 0.1) is 0 Å². The van der Waals surface area contributed by atoms with Crippen molar-refractivity contribution in [3.05, 3.63) is 35.9 Å². The summed E-state index contributed by atoms with van der Waals surface area (Å²) < 4.78 is 14.5. The minimum atomic E-state index is -1.09. The van der Waals surface area contributed by atoms with Crippen LogP contribution in [0.15, 0.2) is 30.3 Å². The summed E-state index contributed by atoms with van der Waals surface area (Å²) in [6.45, 7) is 1.71. The number of piperidine rings is 1. The van der Waals surface area contributed by atoms with Crippen LogP contribution in [0.2, 0.25) is 0 Å². The molecular formula is C12H16FN. The number of nitrogens with zero attached hydrogens (tertiary/aromatic N) is 1. The summed E-state index contributed by atoms with van der Waals surface area (Å²) in [5.41, 5.74) is -0.249. The average Bonchev–Trinajstić information content (AvgIpc) is 2.24. The van der Waals surface area contributed by atoms with E-state index in [0.717, 1.165) is 18.7 Å². The second kappa shape index (κ2) is 3.70. The average molecular weight is 193 g/mol. The third-order valence-electron chi connectivity index (χ3n) is 3.07. The Kier molecular flexibility index (Phi) is 2.55. The van der Waals surface area contributed by atoms with Gasteiger partial charge in [0, 0.05) is 13.1 Å². The van der Waals surface area contributed by atoms with E-state index in [2.05, 4.69) is 4.90 Å². The van der Waals surface area contributed by atoms with Gasteiger partial charge in [-0.3, -0.25) is 0 Å². The van der Waals surface area contributed by atoms with Crippen molar-refractivity contribution in [1.82, 2.24) is 4.90 Å². The largest absolute Gasteiger partial charge is 0.306 e. The van der Waals surface area contributed by atoms with Crippen molar-refractivity contribution in [2.75, 3.05) is 20.1 Å². The van der Waals surface area contributed by atoms with Gasteiger partial charge in [-0.2, -0.15) is 0 Å². The molecule has 1 aromatic rings. The maximum absolute atomic E-state index is 14.5. The Morgan fingerprint density at radius 3 is 2.29 bits per heavy atom. The van der Waals surface area contributed by atoms with Crippen LogP contribution in [-0.2, 0) is 5.67 Å². The smallest absolute Gasteiger partial charge is 0.138 e.